The number of nitrogens with one attached hydrogen (secondary N) is 1. The lowest BCUT2D eigenvalue weighted by Crippen LogP contribution is -2.49. The Bertz CT molecular complexity index is 148. The van der Waals surface area contributed by atoms with E-state index in [0.717, 1.165) is 19.1 Å². The highest BCUT2D eigenvalue weighted by molar-refractivity contribution is 4.88. The molecule has 1 N–H and O–H groups in total. The first-order chi connectivity index (χ1) is 5.79. The first-order valence-electron chi connectivity index (χ1n) is 5.11. The number of ether oxygens (including phenoxy) is 1. The summed E-state index contributed by atoms with van der Waals surface area (Å²) in [5.74, 6) is 0.976. The number of hydrogen-bond acceptors (Lipinski definition) is 2. The second-order valence-corrected chi connectivity index (χ2v) is 4.54. The van der Waals surface area contributed by atoms with Gasteiger partial charge >= 0.3 is 0 Å². The van der Waals surface area contributed by atoms with Crippen molar-refractivity contribution in [1.82, 2.24) is 5.32 Å². The van der Waals surface area contributed by atoms with Crippen LogP contribution in [0.2, 0.25) is 0 Å². The molecule has 1 unspecified atom stereocenters. The van der Waals surface area contributed by atoms with Crippen LogP contribution in [0.4, 0.5) is 0 Å². The summed E-state index contributed by atoms with van der Waals surface area (Å²) in [4.78, 5) is 0. The van der Waals surface area contributed by atoms with Gasteiger partial charge in [0.1, 0.15) is 0 Å². The van der Waals surface area contributed by atoms with Gasteiger partial charge in [-0.1, -0.05) is 0 Å². The van der Waals surface area contributed by atoms with Crippen molar-refractivity contribution in [2.45, 2.75) is 38.1 Å². The van der Waals surface area contributed by atoms with Gasteiger partial charge in [0, 0.05) is 12.1 Å². The molecule has 0 spiro atoms. The molecule has 2 rings (SSSR count). The maximum atomic E-state index is 5.48. The van der Waals surface area contributed by atoms with Crippen molar-refractivity contribution >= 4 is 0 Å². The Labute approximate surface area is 74.7 Å². The summed E-state index contributed by atoms with van der Waals surface area (Å²) in [5.41, 5.74) is 0.279. The van der Waals surface area contributed by atoms with Crippen LogP contribution in [0, 0.1) is 5.92 Å². The lowest BCUT2D eigenvalue weighted by molar-refractivity contribution is 0.0282. The highest BCUT2D eigenvalue weighted by atomic mass is 16.5. The van der Waals surface area contributed by atoms with Crippen molar-refractivity contribution in [2.24, 2.45) is 5.92 Å². The lowest BCUT2D eigenvalue weighted by atomic mass is 9.95. The smallest absolute Gasteiger partial charge is 0.0645 e. The predicted octanol–water partition coefficient (Wildman–Crippen LogP) is 1.56. The molecule has 0 radical (unpaired) electrons. The Kier molecular flexibility index (Phi) is 2.37. The predicted molar refractivity (Wildman–Crippen MR) is 49.2 cm³/mol. The van der Waals surface area contributed by atoms with Crippen LogP contribution < -0.4 is 5.32 Å². The third-order valence-electron chi connectivity index (χ3n) is 2.95. The second-order valence-electron chi connectivity index (χ2n) is 4.54. The van der Waals surface area contributed by atoms with E-state index in [1.54, 1.807) is 0 Å². The molecule has 70 valence electrons. The molecule has 12 heavy (non-hydrogen) atoms. The summed E-state index contributed by atoms with van der Waals surface area (Å²) in [6.45, 7) is 5.36. The van der Waals surface area contributed by atoms with E-state index in [4.69, 9.17) is 4.74 Å². The first-order valence-corrected chi connectivity index (χ1v) is 5.11. The molecule has 1 aliphatic carbocycles. The molecule has 2 fully saturated rings. The Hall–Kier alpha value is -0.0800. The van der Waals surface area contributed by atoms with Crippen molar-refractivity contribution in [1.29, 1.82) is 0 Å². The van der Waals surface area contributed by atoms with Crippen LogP contribution in [0.1, 0.15) is 32.6 Å². The van der Waals surface area contributed by atoms with E-state index in [9.17, 15) is 0 Å². The normalized spacial score (nSPS) is 36.8. The maximum absolute atomic E-state index is 5.48. The van der Waals surface area contributed by atoms with Crippen LogP contribution in [-0.2, 0) is 4.74 Å². The molecule has 1 atom stereocenters. The van der Waals surface area contributed by atoms with Crippen molar-refractivity contribution in [2.75, 3.05) is 19.8 Å². The number of rotatable bonds is 3. The number of hydrogen-bond donors (Lipinski definition) is 1. The minimum Gasteiger partial charge on any atom is -0.380 e. The minimum atomic E-state index is 0.279. The largest absolute Gasteiger partial charge is 0.380 e. The molecule has 0 bridgehead atoms. The molecular formula is C10H19NO. The summed E-state index contributed by atoms with van der Waals surface area (Å²) >= 11 is 0. The van der Waals surface area contributed by atoms with Crippen LogP contribution in [0.15, 0.2) is 0 Å². The Morgan fingerprint density at radius 1 is 1.50 bits per heavy atom. The van der Waals surface area contributed by atoms with Crippen LogP contribution in [0.3, 0.4) is 0 Å². The Balaban J connectivity index is 1.73. The standard InChI is InChI=1S/C10H19NO/c1-10(5-2-6-12-8-10)11-7-9-3-4-9/h9,11H,2-8H2,1H3. The van der Waals surface area contributed by atoms with E-state index in [1.165, 1.54) is 32.2 Å². The van der Waals surface area contributed by atoms with Gasteiger partial charge in [-0.25, -0.2) is 0 Å². The zero-order valence-electron chi connectivity index (χ0n) is 7.94. The van der Waals surface area contributed by atoms with E-state index in [0.29, 0.717) is 0 Å². The van der Waals surface area contributed by atoms with Crippen molar-refractivity contribution in [3.63, 3.8) is 0 Å². The Morgan fingerprint density at radius 3 is 2.92 bits per heavy atom. The molecule has 2 nitrogen and oxygen atoms in total. The first kappa shape index (κ1) is 8.52. The van der Waals surface area contributed by atoms with Gasteiger partial charge in [0.15, 0.2) is 0 Å². The van der Waals surface area contributed by atoms with Gasteiger partial charge in [0.25, 0.3) is 0 Å². The molecule has 1 saturated carbocycles. The molecular weight excluding hydrogens is 150 g/mol. The Morgan fingerprint density at radius 2 is 2.33 bits per heavy atom. The third-order valence-corrected chi connectivity index (χ3v) is 2.95. The van der Waals surface area contributed by atoms with Gasteiger partial charge < -0.3 is 10.1 Å². The average Bonchev–Trinajstić information content (AvgIpc) is 2.85. The molecule has 1 saturated heterocycles. The molecule has 2 aliphatic rings. The lowest BCUT2D eigenvalue weighted by Gasteiger charge is -2.34. The van der Waals surface area contributed by atoms with Crippen molar-refractivity contribution in [3.05, 3.63) is 0 Å². The van der Waals surface area contributed by atoms with Gasteiger partial charge in [0.05, 0.1) is 6.61 Å². The summed E-state index contributed by atoms with van der Waals surface area (Å²) in [6, 6.07) is 0. The van der Waals surface area contributed by atoms with E-state index >= 15 is 0 Å². The SMILES string of the molecule is CC1(NCC2CC2)CCCOC1. The van der Waals surface area contributed by atoms with Gasteiger partial charge in [-0.2, -0.15) is 0 Å². The van der Waals surface area contributed by atoms with E-state index in [1.807, 2.05) is 0 Å². The van der Waals surface area contributed by atoms with Gasteiger partial charge in [-0.05, 0) is 45.1 Å². The van der Waals surface area contributed by atoms with Gasteiger partial charge in [-0.15, -0.1) is 0 Å². The topological polar surface area (TPSA) is 21.3 Å². The minimum absolute atomic E-state index is 0.279. The fourth-order valence-corrected chi connectivity index (χ4v) is 1.79. The zero-order valence-corrected chi connectivity index (χ0v) is 7.94. The summed E-state index contributed by atoms with van der Waals surface area (Å²) < 4.78 is 5.48. The summed E-state index contributed by atoms with van der Waals surface area (Å²) in [7, 11) is 0. The van der Waals surface area contributed by atoms with E-state index in [-0.39, 0.29) is 5.54 Å². The summed E-state index contributed by atoms with van der Waals surface area (Å²) in [5, 5.41) is 3.63. The molecule has 0 amide bonds. The molecule has 0 aromatic heterocycles. The average molecular weight is 169 g/mol. The van der Waals surface area contributed by atoms with E-state index < -0.39 is 0 Å². The molecule has 2 heteroatoms. The quantitative estimate of drug-likeness (QED) is 0.692. The van der Waals surface area contributed by atoms with E-state index in [2.05, 4.69) is 12.2 Å². The molecule has 1 aliphatic heterocycles. The van der Waals surface area contributed by atoms with Crippen LogP contribution >= 0.6 is 0 Å². The van der Waals surface area contributed by atoms with Gasteiger partial charge in [-0.3, -0.25) is 0 Å². The third kappa shape index (κ3) is 2.20. The zero-order chi connectivity index (χ0) is 8.44. The highest BCUT2D eigenvalue weighted by Gasteiger charge is 2.30. The second kappa shape index (κ2) is 3.35. The monoisotopic (exact) mass is 169 g/mol. The van der Waals surface area contributed by atoms with Gasteiger partial charge in [0.2, 0.25) is 0 Å². The molecule has 0 aromatic carbocycles. The maximum Gasteiger partial charge on any atom is 0.0645 e. The molecule has 0 aromatic rings. The fourth-order valence-electron chi connectivity index (χ4n) is 1.79. The van der Waals surface area contributed by atoms with Crippen LogP contribution in [0.5, 0.6) is 0 Å². The highest BCUT2D eigenvalue weighted by Crippen LogP contribution is 2.29. The molecule has 1 heterocycles. The summed E-state index contributed by atoms with van der Waals surface area (Å²) in [6.07, 6.45) is 5.36. The fraction of sp³-hybridized carbons (Fsp3) is 1.00. The van der Waals surface area contributed by atoms with Crippen LogP contribution in [0.25, 0.3) is 0 Å². The van der Waals surface area contributed by atoms with Crippen molar-refractivity contribution in [3.8, 4) is 0 Å². The van der Waals surface area contributed by atoms with Crippen LogP contribution in [-0.4, -0.2) is 25.3 Å². The van der Waals surface area contributed by atoms with Crippen molar-refractivity contribution < 1.29 is 4.74 Å².